The molecule has 0 N–H and O–H groups in total. The Morgan fingerprint density at radius 1 is 0.600 bits per heavy atom. The van der Waals surface area contributed by atoms with Crippen LogP contribution in [0.15, 0.2) is 0 Å². The molecule has 0 aromatic carbocycles. The van der Waals surface area contributed by atoms with Crippen molar-refractivity contribution >= 4 is 15.8 Å². The van der Waals surface area contributed by atoms with Crippen molar-refractivity contribution in [1.29, 1.82) is 0 Å². The van der Waals surface area contributed by atoms with Crippen molar-refractivity contribution in [2.45, 2.75) is 78.0 Å². The van der Waals surface area contributed by atoms with Gasteiger partial charge in [0.05, 0.1) is 0 Å². The molecule has 0 aliphatic carbocycles. The van der Waals surface area contributed by atoms with Crippen LogP contribution in [0.5, 0.6) is 0 Å². The van der Waals surface area contributed by atoms with Gasteiger partial charge in [-0.3, -0.25) is 0 Å². The quantitative estimate of drug-likeness (QED) is 0.335. The van der Waals surface area contributed by atoms with Crippen LogP contribution in [-0.4, -0.2) is 48.0 Å². The fraction of sp³-hybridized carbons (Fsp3) is 1.00. The van der Waals surface area contributed by atoms with Crippen LogP contribution in [0.2, 0.25) is 0 Å². The maximum Gasteiger partial charge on any atom is 1.00 e. The fourth-order valence-corrected chi connectivity index (χ4v) is 7.90. The van der Waals surface area contributed by atoms with Crippen LogP contribution in [0.3, 0.4) is 0 Å². The van der Waals surface area contributed by atoms with E-state index in [0.29, 0.717) is 0 Å². The van der Waals surface area contributed by atoms with E-state index in [-0.39, 0.29) is 34.7 Å². The van der Waals surface area contributed by atoms with Gasteiger partial charge in [-0.05, 0) is 22.6 Å². The van der Waals surface area contributed by atoms with Crippen LogP contribution in [0.25, 0.3) is 5.32 Å². The summed E-state index contributed by atoms with van der Waals surface area (Å²) in [5.74, 6) is 0. The smallest absolute Gasteiger partial charge is 0.662 e. The standard InChI is InChI=1S/C16H36NP2.Li/c1-13(2)18(14(3)4)11-9-17-10-12-19(15(5)6)16(7)8;/h13-16H,9-12H2,1-8H3;/q-1;+1. The summed E-state index contributed by atoms with van der Waals surface area (Å²) >= 11 is 0. The molecule has 0 aliphatic rings. The number of nitrogens with zero attached hydrogens (tertiary/aromatic N) is 1. The first-order valence-corrected chi connectivity index (χ1v) is 11.2. The van der Waals surface area contributed by atoms with E-state index in [4.69, 9.17) is 5.32 Å². The van der Waals surface area contributed by atoms with Gasteiger partial charge in [0, 0.05) is 0 Å². The third-order valence-corrected chi connectivity index (χ3v) is 10.4. The van der Waals surface area contributed by atoms with E-state index < -0.39 is 0 Å². The van der Waals surface area contributed by atoms with Gasteiger partial charge in [-0.1, -0.05) is 67.7 Å². The molecule has 0 bridgehead atoms. The second-order valence-electron chi connectivity index (χ2n) is 6.52. The molecule has 20 heavy (non-hydrogen) atoms. The van der Waals surface area contributed by atoms with Crippen LogP contribution in [-0.2, 0) is 0 Å². The molecule has 0 saturated heterocycles. The Bertz CT molecular complexity index is 183. The van der Waals surface area contributed by atoms with Crippen molar-refractivity contribution in [3.05, 3.63) is 5.32 Å². The van der Waals surface area contributed by atoms with E-state index in [1.54, 1.807) is 0 Å². The number of hydrogen-bond donors (Lipinski definition) is 0. The van der Waals surface area contributed by atoms with Crippen LogP contribution < -0.4 is 18.9 Å². The topological polar surface area (TPSA) is 14.1 Å². The first-order chi connectivity index (χ1) is 8.77. The van der Waals surface area contributed by atoms with Crippen molar-refractivity contribution < 1.29 is 18.9 Å². The predicted molar refractivity (Wildman–Crippen MR) is 97.2 cm³/mol. The summed E-state index contributed by atoms with van der Waals surface area (Å²) in [6.45, 7) is 21.2. The minimum absolute atomic E-state index is 0. The molecule has 0 aliphatic heterocycles. The van der Waals surface area contributed by atoms with Crippen LogP contribution in [0.4, 0.5) is 0 Å². The SMILES string of the molecule is CC(C)P(CC[N-]CCP(C(C)C)C(C)C)C(C)C.[Li+]. The first kappa shape index (κ1) is 23.7. The molecule has 0 atom stereocenters. The molecular weight excluding hydrogens is 275 g/mol. The van der Waals surface area contributed by atoms with Crippen molar-refractivity contribution in [2.75, 3.05) is 25.4 Å². The monoisotopic (exact) mass is 311 g/mol. The molecule has 0 unspecified atom stereocenters. The molecule has 0 fully saturated rings. The zero-order chi connectivity index (χ0) is 15.0. The van der Waals surface area contributed by atoms with Crippen LogP contribution in [0, 0.1) is 0 Å². The third kappa shape index (κ3) is 10.2. The van der Waals surface area contributed by atoms with E-state index in [0.717, 1.165) is 35.7 Å². The molecule has 0 amide bonds. The summed E-state index contributed by atoms with van der Waals surface area (Å²) in [5, 5.41) is 4.81. The summed E-state index contributed by atoms with van der Waals surface area (Å²) in [7, 11) is 0.352. The van der Waals surface area contributed by atoms with Crippen molar-refractivity contribution in [2.24, 2.45) is 0 Å². The summed E-state index contributed by atoms with van der Waals surface area (Å²) in [4.78, 5) is 0. The van der Waals surface area contributed by atoms with Gasteiger partial charge in [-0.2, -0.15) is 0 Å². The molecule has 0 aromatic rings. The Morgan fingerprint density at radius 3 is 1.05 bits per heavy atom. The average molecular weight is 311 g/mol. The maximum atomic E-state index is 4.81. The Morgan fingerprint density at radius 2 is 0.850 bits per heavy atom. The Kier molecular flexibility index (Phi) is 15.3. The predicted octanol–water partition coefficient (Wildman–Crippen LogP) is 2.96. The normalized spacial score (nSPS) is 12.3. The van der Waals surface area contributed by atoms with Gasteiger partial charge in [0.1, 0.15) is 0 Å². The van der Waals surface area contributed by atoms with Crippen molar-refractivity contribution in [1.82, 2.24) is 0 Å². The van der Waals surface area contributed by atoms with E-state index in [2.05, 4.69) is 55.4 Å². The van der Waals surface area contributed by atoms with E-state index in [1.165, 1.54) is 12.3 Å². The number of rotatable bonds is 10. The van der Waals surface area contributed by atoms with Gasteiger partial charge < -0.3 is 5.32 Å². The Hall–Kier alpha value is 1.42. The van der Waals surface area contributed by atoms with E-state index in [9.17, 15) is 0 Å². The summed E-state index contributed by atoms with van der Waals surface area (Å²) in [6, 6.07) is 0. The van der Waals surface area contributed by atoms with Gasteiger partial charge in [-0.15, -0.1) is 28.9 Å². The minimum atomic E-state index is 0. The second-order valence-corrected chi connectivity index (χ2v) is 13.6. The summed E-state index contributed by atoms with van der Waals surface area (Å²) in [5.41, 5.74) is 3.42. The summed E-state index contributed by atoms with van der Waals surface area (Å²) < 4.78 is 0. The van der Waals surface area contributed by atoms with Gasteiger partial charge in [-0.25, -0.2) is 0 Å². The minimum Gasteiger partial charge on any atom is -0.662 e. The molecule has 4 heteroatoms. The zero-order valence-corrected chi connectivity index (χ0v) is 17.3. The van der Waals surface area contributed by atoms with Crippen LogP contribution >= 0.6 is 15.8 Å². The van der Waals surface area contributed by atoms with Crippen molar-refractivity contribution in [3.8, 4) is 0 Å². The molecule has 0 radical (unpaired) electrons. The van der Waals surface area contributed by atoms with Gasteiger partial charge in [0.15, 0.2) is 0 Å². The first-order valence-electron chi connectivity index (χ1n) is 7.92. The molecule has 116 valence electrons. The molecule has 1 nitrogen and oxygen atoms in total. The number of hydrogen-bond acceptors (Lipinski definition) is 0. The fourth-order valence-electron chi connectivity index (χ4n) is 2.71. The Labute approximate surface area is 143 Å². The largest absolute Gasteiger partial charge is 1.00 e. The van der Waals surface area contributed by atoms with Gasteiger partial charge in [0.2, 0.25) is 0 Å². The maximum absolute atomic E-state index is 4.81. The third-order valence-electron chi connectivity index (χ3n) is 3.69. The average Bonchev–Trinajstić information content (AvgIpc) is 2.25. The van der Waals surface area contributed by atoms with Crippen molar-refractivity contribution in [3.63, 3.8) is 0 Å². The molecule has 0 heterocycles. The zero-order valence-electron chi connectivity index (χ0n) is 15.5. The Balaban J connectivity index is 0. The van der Waals surface area contributed by atoms with Crippen LogP contribution in [0.1, 0.15) is 55.4 Å². The summed E-state index contributed by atoms with van der Waals surface area (Å²) in [6.07, 6.45) is 2.68. The van der Waals surface area contributed by atoms with E-state index >= 15 is 0 Å². The van der Waals surface area contributed by atoms with E-state index in [1.807, 2.05) is 0 Å². The van der Waals surface area contributed by atoms with Gasteiger partial charge >= 0.3 is 18.9 Å². The molecule has 0 spiro atoms. The molecular formula is C16H36LiNP2. The molecule has 0 saturated carbocycles. The molecule has 0 rings (SSSR count). The van der Waals surface area contributed by atoms with Gasteiger partial charge in [0.25, 0.3) is 0 Å². The second kappa shape index (κ2) is 12.9. The molecule has 0 aromatic heterocycles.